The molecule has 2 aromatic rings. The third kappa shape index (κ3) is 4.36. The van der Waals surface area contributed by atoms with Gasteiger partial charge < -0.3 is 5.11 Å². The maximum absolute atomic E-state index is 12.8. The Balaban J connectivity index is 1.41. The largest absolute Gasteiger partial charge is 0.389 e. The number of aryl methyl sites for hydroxylation is 2. The average Bonchev–Trinajstić information content (AvgIpc) is 3.07. The monoisotopic (exact) mass is 404 g/mol. The smallest absolute Gasteiger partial charge is 0.182 e. The Hall–Kier alpha value is -1.44. The van der Waals surface area contributed by atoms with Gasteiger partial charge in [0, 0.05) is 22.6 Å². The first-order valence-corrected chi connectivity index (χ1v) is 11.4. The number of aliphatic hydroxyl groups is 1. The van der Waals surface area contributed by atoms with Crippen LogP contribution in [0.15, 0.2) is 0 Å². The van der Waals surface area contributed by atoms with Gasteiger partial charge in [-0.25, -0.2) is 9.97 Å². The van der Waals surface area contributed by atoms with E-state index in [1.165, 1.54) is 17.0 Å². The minimum absolute atomic E-state index is 0.122. The number of carbonyl (C=O) groups excluding carboxylic acids is 2. The summed E-state index contributed by atoms with van der Waals surface area (Å²) in [6.07, 6.45) is 8.89. The molecular weight excluding hydrogens is 380 g/mol. The predicted octanol–water partition coefficient (Wildman–Crippen LogP) is 4.33. The number of thiazole rings is 2. The van der Waals surface area contributed by atoms with E-state index in [1.807, 2.05) is 0 Å². The molecule has 0 spiro atoms. The third-order valence-electron chi connectivity index (χ3n) is 5.18. The number of fused-ring (bicyclic) bond motifs is 1. The first-order chi connectivity index (χ1) is 13.2. The van der Waals surface area contributed by atoms with Gasteiger partial charge in [0.25, 0.3) is 0 Å². The number of aliphatic hydroxyl groups excluding tert-OH is 1. The molecule has 1 saturated carbocycles. The topological polar surface area (TPSA) is 80.1 Å². The highest BCUT2D eigenvalue weighted by atomic mass is 32.1. The number of nitrogens with zero attached hydrogens (tertiary/aromatic N) is 2. The second-order valence-corrected chi connectivity index (χ2v) is 9.54. The number of unbranched alkanes of at least 4 members (excludes halogenated alkanes) is 2. The lowest BCUT2D eigenvalue weighted by Gasteiger charge is -2.01. The Bertz CT molecular complexity index is 830. The second-order valence-electron chi connectivity index (χ2n) is 7.43. The quantitative estimate of drug-likeness (QED) is 0.471. The molecule has 5 nitrogen and oxygen atoms in total. The highest BCUT2D eigenvalue weighted by Gasteiger charge is 2.32. The van der Waals surface area contributed by atoms with Gasteiger partial charge >= 0.3 is 0 Å². The van der Waals surface area contributed by atoms with Gasteiger partial charge in [-0.3, -0.25) is 9.59 Å². The number of hydrogen-bond donors (Lipinski definition) is 1. The van der Waals surface area contributed by atoms with E-state index in [1.54, 1.807) is 22.7 Å². The van der Waals surface area contributed by atoms with Crippen molar-refractivity contribution in [1.29, 1.82) is 0 Å². The summed E-state index contributed by atoms with van der Waals surface area (Å²) in [5, 5.41) is 10.6. The maximum atomic E-state index is 12.8. The van der Waals surface area contributed by atoms with Crippen molar-refractivity contribution in [2.75, 3.05) is 6.61 Å². The van der Waals surface area contributed by atoms with Crippen molar-refractivity contribution >= 4 is 34.2 Å². The molecular formula is C20H24N2O3S2. The summed E-state index contributed by atoms with van der Waals surface area (Å²) in [4.78, 5) is 35.9. The summed E-state index contributed by atoms with van der Waals surface area (Å²) in [6.45, 7) is -0.383. The van der Waals surface area contributed by atoms with Crippen molar-refractivity contribution in [2.45, 2.75) is 70.1 Å². The van der Waals surface area contributed by atoms with Crippen LogP contribution in [0.3, 0.4) is 0 Å². The molecule has 0 saturated heterocycles. The molecule has 1 N–H and O–H groups in total. The summed E-state index contributed by atoms with van der Waals surface area (Å²) < 4.78 is 0. The molecule has 0 bridgehead atoms. The van der Waals surface area contributed by atoms with Gasteiger partial charge in [-0.2, -0.15) is 0 Å². The lowest BCUT2D eigenvalue weighted by Crippen LogP contribution is -2.04. The van der Waals surface area contributed by atoms with Crippen LogP contribution in [0.5, 0.6) is 0 Å². The lowest BCUT2D eigenvalue weighted by molar-refractivity contribution is -0.121. The van der Waals surface area contributed by atoms with Gasteiger partial charge in [0.1, 0.15) is 12.3 Å². The fourth-order valence-electron chi connectivity index (χ4n) is 3.51. The fraction of sp³-hybridized carbons (Fsp3) is 0.600. The normalized spacial score (nSPS) is 15.9. The molecule has 1 fully saturated rings. The zero-order valence-electron chi connectivity index (χ0n) is 15.3. The van der Waals surface area contributed by atoms with E-state index < -0.39 is 0 Å². The third-order valence-corrected chi connectivity index (χ3v) is 7.70. The number of Topliss-reactive ketones (excluding diaryl/α,β-unsaturated/α-hetero) is 2. The standard InChI is InChI=1S/C20H24N2O3S2/c23-11-13(24)5-2-1-3-7-15(25)17-18(12-9-10-12)27-20(22-17)19-21-14-6-4-8-16(14)26-19/h12,23H,1-11H2. The Morgan fingerprint density at radius 2 is 1.78 bits per heavy atom. The Labute approximate surface area is 166 Å². The van der Waals surface area contributed by atoms with Crippen LogP contribution in [0, 0.1) is 0 Å². The van der Waals surface area contributed by atoms with Crippen molar-refractivity contribution in [2.24, 2.45) is 0 Å². The lowest BCUT2D eigenvalue weighted by atomic mass is 10.1. The minimum Gasteiger partial charge on any atom is -0.389 e. The van der Waals surface area contributed by atoms with Crippen molar-refractivity contribution in [3.8, 4) is 10.0 Å². The van der Waals surface area contributed by atoms with Gasteiger partial charge in [0.2, 0.25) is 0 Å². The highest BCUT2D eigenvalue weighted by Crippen LogP contribution is 2.47. The summed E-state index contributed by atoms with van der Waals surface area (Å²) in [6, 6.07) is 0. The molecule has 2 aliphatic rings. The maximum Gasteiger partial charge on any atom is 0.182 e. The van der Waals surface area contributed by atoms with E-state index >= 15 is 0 Å². The van der Waals surface area contributed by atoms with Crippen LogP contribution in [-0.2, 0) is 17.6 Å². The van der Waals surface area contributed by atoms with Gasteiger partial charge in [0.05, 0.1) is 5.69 Å². The van der Waals surface area contributed by atoms with Crippen molar-refractivity contribution in [1.82, 2.24) is 9.97 Å². The summed E-state index contributed by atoms with van der Waals surface area (Å²) in [5.41, 5.74) is 1.89. The summed E-state index contributed by atoms with van der Waals surface area (Å²) in [5.74, 6) is 0.498. The SMILES string of the molecule is O=C(CO)CCCCCC(=O)c1nc(-c2nc3c(s2)CCC3)sc1C1CC1. The zero-order chi connectivity index (χ0) is 18.8. The molecule has 2 aromatic heterocycles. The molecule has 27 heavy (non-hydrogen) atoms. The number of carbonyl (C=O) groups is 2. The molecule has 2 heterocycles. The van der Waals surface area contributed by atoms with E-state index in [0.29, 0.717) is 24.5 Å². The van der Waals surface area contributed by atoms with E-state index in [9.17, 15) is 9.59 Å². The average molecular weight is 405 g/mol. The number of aromatic nitrogens is 2. The molecule has 0 amide bonds. The molecule has 0 unspecified atom stereocenters. The number of ketones is 2. The van der Waals surface area contributed by atoms with Crippen LogP contribution in [0.2, 0.25) is 0 Å². The molecule has 144 valence electrons. The predicted molar refractivity (Wildman–Crippen MR) is 107 cm³/mol. The zero-order valence-corrected chi connectivity index (χ0v) is 17.0. The molecule has 0 aromatic carbocycles. The van der Waals surface area contributed by atoms with Crippen LogP contribution >= 0.6 is 22.7 Å². The Morgan fingerprint density at radius 1 is 1.00 bits per heavy atom. The molecule has 2 aliphatic carbocycles. The Morgan fingerprint density at radius 3 is 2.52 bits per heavy atom. The van der Waals surface area contributed by atoms with E-state index in [4.69, 9.17) is 15.1 Å². The van der Waals surface area contributed by atoms with Crippen LogP contribution in [0.4, 0.5) is 0 Å². The van der Waals surface area contributed by atoms with Gasteiger partial charge in [-0.05, 0) is 50.9 Å². The van der Waals surface area contributed by atoms with Gasteiger partial charge in [0.15, 0.2) is 21.6 Å². The summed E-state index contributed by atoms with van der Waals surface area (Å²) in [7, 11) is 0. The second kappa shape index (κ2) is 8.29. The van der Waals surface area contributed by atoms with Crippen LogP contribution in [0.25, 0.3) is 10.0 Å². The van der Waals surface area contributed by atoms with Crippen LogP contribution in [-0.4, -0.2) is 33.2 Å². The Kier molecular flexibility index (Phi) is 5.80. The van der Waals surface area contributed by atoms with E-state index in [0.717, 1.165) is 59.8 Å². The first kappa shape index (κ1) is 18.9. The first-order valence-electron chi connectivity index (χ1n) is 9.81. The highest BCUT2D eigenvalue weighted by molar-refractivity contribution is 7.21. The van der Waals surface area contributed by atoms with E-state index in [2.05, 4.69) is 0 Å². The van der Waals surface area contributed by atoms with Crippen molar-refractivity contribution in [3.63, 3.8) is 0 Å². The van der Waals surface area contributed by atoms with Crippen LogP contribution in [0.1, 0.15) is 83.2 Å². The number of rotatable bonds is 10. The molecule has 0 atom stereocenters. The van der Waals surface area contributed by atoms with E-state index in [-0.39, 0.29) is 18.2 Å². The molecule has 7 heteroatoms. The fourth-order valence-corrected chi connectivity index (χ4v) is 5.93. The van der Waals surface area contributed by atoms with Gasteiger partial charge in [-0.15, -0.1) is 22.7 Å². The van der Waals surface area contributed by atoms with Crippen molar-refractivity contribution in [3.05, 3.63) is 21.1 Å². The summed E-state index contributed by atoms with van der Waals surface area (Å²) >= 11 is 3.41. The molecule has 0 radical (unpaired) electrons. The van der Waals surface area contributed by atoms with Crippen molar-refractivity contribution < 1.29 is 14.7 Å². The number of hydrogen-bond acceptors (Lipinski definition) is 7. The van der Waals surface area contributed by atoms with Gasteiger partial charge in [-0.1, -0.05) is 6.42 Å². The minimum atomic E-state index is -0.383. The van der Waals surface area contributed by atoms with Crippen LogP contribution < -0.4 is 0 Å². The molecule has 4 rings (SSSR count). The molecule has 0 aliphatic heterocycles.